The Hall–Kier alpha value is -1.41. The van der Waals surface area contributed by atoms with E-state index in [4.69, 9.17) is 4.74 Å². The molecule has 1 saturated carbocycles. The third-order valence-corrected chi connectivity index (χ3v) is 5.19. The molecule has 0 unspecified atom stereocenters. The first-order valence-electron chi connectivity index (χ1n) is 7.87. The molecule has 1 aliphatic carbocycles. The van der Waals surface area contributed by atoms with Crippen LogP contribution in [0.15, 0.2) is 6.20 Å². The fourth-order valence-corrected chi connectivity index (χ4v) is 3.56. The first-order valence-corrected chi connectivity index (χ1v) is 9.93. The monoisotopic (exact) mass is 341 g/mol. The molecule has 0 aromatic carbocycles. The highest BCUT2D eigenvalue weighted by Gasteiger charge is 2.32. The van der Waals surface area contributed by atoms with Crippen molar-refractivity contribution in [3.63, 3.8) is 0 Å². The Morgan fingerprint density at radius 1 is 1.39 bits per heavy atom. The van der Waals surface area contributed by atoms with Gasteiger partial charge in [-0.1, -0.05) is 0 Å². The van der Waals surface area contributed by atoms with Crippen molar-refractivity contribution in [1.29, 1.82) is 0 Å². The first kappa shape index (κ1) is 16.4. The van der Waals surface area contributed by atoms with Gasteiger partial charge in [0.2, 0.25) is 5.91 Å². The molecule has 1 aliphatic heterocycles. The van der Waals surface area contributed by atoms with Crippen LogP contribution in [0.25, 0.3) is 0 Å². The number of carbonyl (C=O) groups excluding carboxylic acids is 1. The third-order valence-electron chi connectivity index (χ3n) is 4.42. The second-order valence-electron chi connectivity index (χ2n) is 6.69. The smallest absolute Gasteiger partial charge is 0.238 e. The highest BCUT2D eigenvalue weighted by molar-refractivity contribution is 7.91. The zero-order valence-electron chi connectivity index (χ0n) is 13.6. The molecular formula is C15H23N3O4S. The molecule has 0 bridgehead atoms. The number of fused-ring (bicyclic) bond motifs is 1. The Morgan fingerprint density at radius 2 is 2.13 bits per heavy atom. The van der Waals surface area contributed by atoms with E-state index < -0.39 is 15.6 Å². The van der Waals surface area contributed by atoms with Crippen LogP contribution in [0.4, 0.5) is 0 Å². The number of ether oxygens (including phenoxy) is 1. The van der Waals surface area contributed by atoms with Crippen molar-refractivity contribution in [2.45, 2.75) is 25.3 Å². The number of aryl methyl sites for hydroxylation is 1. The molecule has 8 heteroatoms. The summed E-state index contributed by atoms with van der Waals surface area (Å²) in [5, 5.41) is 4.28. The Morgan fingerprint density at radius 3 is 2.78 bits per heavy atom. The number of sulfone groups is 1. The highest BCUT2D eigenvalue weighted by atomic mass is 32.2. The second-order valence-corrected chi connectivity index (χ2v) is 8.83. The Balaban J connectivity index is 1.71. The molecule has 0 radical (unpaired) electrons. The fourth-order valence-electron chi connectivity index (χ4n) is 2.93. The standard InChI is InChI=1S/C15H23N3O4S/c1-17-14-7-18(15(19)10-23(2,20)21)6-12(13(14)5-16-17)9-22-8-11-3-4-11/h5,11-12H,3-4,6-10H2,1-2H3/t12-/m1/s1. The van der Waals surface area contributed by atoms with Gasteiger partial charge in [0.25, 0.3) is 0 Å². The van der Waals surface area contributed by atoms with Gasteiger partial charge >= 0.3 is 0 Å². The van der Waals surface area contributed by atoms with Crippen molar-refractivity contribution < 1.29 is 17.9 Å². The van der Waals surface area contributed by atoms with Gasteiger partial charge < -0.3 is 9.64 Å². The molecule has 2 heterocycles. The molecule has 128 valence electrons. The van der Waals surface area contributed by atoms with Crippen molar-refractivity contribution in [3.8, 4) is 0 Å². The molecule has 1 aromatic rings. The largest absolute Gasteiger partial charge is 0.380 e. The molecule has 1 amide bonds. The van der Waals surface area contributed by atoms with Gasteiger partial charge in [-0.05, 0) is 18.8 Å². The van der Waals surface area contributed by atoms with Gasteiger partial charge in [0.1, 0.15) is 5.75 Å². The quantitative estimate of drug-likeness (QED) is 0.744. The molecule has 3 rings (SSSR count). The van der Waals surface area contributed by atoms with Gasteiger partial charge in [-0.3, -0.25) is 9.48 Å². The van der Waals surface area contributed by atoms with E-state index in [1.54, 1.807) is 9.58 Å². The van der Waals surface area contributed by atoms with E-state index in [0.29, 0.717) is 25.6 Å². The zero-order valence-corrected chi connectivity index (χ0v) is 14.4. The van der Waals surface area contributed by atoms with Crippen LogP contribution >= 0.6 is 0 Å². The molecule has 1 aromatic heterocycles. The minimum atomic E-state index is -3.33. The molecule has 1 atom stereocenters. The summed E-state index contributed by atoms with van der Waals surface area (Å²) in [6.45, 7) is 2.19. The van der Waals surface area contributed by atoms with E-state index in [9.17, 15) is 13.2 Å². The lowest BCUT2D eigenvalue weighted by molar-refractivity contribution is -0.130. The number of aromatic nitrogens is 2. The molecule has 0 N–H and O–H groups in total. The summed E-state index contributed by atoms with van der Waals surface area (Å²) in [5.41, 5.74) is 2.06. The van der Waals surface area contributed by atoms with Crippen molar-refractivity contribution in [1.82, 2.24) is 14.7 Å². The Labute approximate surface area is 136 Å². The first-order chi connectivity index (χ1) is 10.8. The average molecular weight is 341 g/mol. The van der Waals surface area contributed by atoms with Crippen LogP contribution in [0.3, 0.4) is 0 Å². The second kappa shape index (κ2) is 6.24. The van der Waals surface area contributed by atoms with Crippen molar-refractivity contribution in [2.24, 2.45) is 13.0 Å². The Kier molecular flexibility index (Phi) is 4.46. The number of hydrogen-bond acceptors (Lipinski definition) is 5. The zero-order chi connectivity index (χ0) is 16.6. The maximum atomic E-state index is 12.3. The third kappa shape index (κ3) is 4.11. The summed E-state index contributed by atoms with van der Waals surface area (Å²) in [6.07, 6.45) is 5.39. The SMILES string of the molecule is Cn1ncc2c1CN(C(=O)CS(C)(=O)=O)C[C@@H]2COCC1CC1. The maximum absolute atomic E-state index is 12.3. The van der Waals surface area contributed by atoms with Crippen LogP contribution in [0, 0.1) is 5.92 Å². The van der Waals surface area contributed by atoms with Crippen LogP contribution in [-0.4, -0.2) is 60.8 Å². The van der Waals surface area contributed by atoms with E-state index in [1.807, 2.05) is 13.2 Å². The number of amides is 1. The summed E-state index contributed by atoms with van der Waals surface area (Å²) >= 11 is 0. The predicted molar refractivity (Wildman–Crippen MR) is 84.6 cm³/mol. The summed E-state index contributed by atoms with van der Waals surface area (Å²) in [6, 6.07) is 0. The van der Waals surface area contributed by atoms with E-state index in [2.05, 4.69) is 5.10 Å². The molecular weight excluding hydrogens is 318 g/mol. The van der Waals surface area contributed by atoms with Crippen LogP contribution in [0.2, 0.25) is 0 Å². The van der Waals surface area contributed by atoms with Gasteiger partial charge in [-0.15, -0.1) is 0 Å². The maximum Gasteiger partial charge on any atom is 0.238 e. The number of nitrogens with zero attached hydrogens (tertiary/aromatic N) is 3. The van der Waals surface area contributed by atoms with Crippen molar-refractivity contribution in [2.75, 3.05) is 31.8 Å². The molecule has 1 fully saturated rings. The van der Waals surface area contributed by atoms with Gasteiger partial charge in [-0.25, -0.2) is 8.42 Å². The van der Waals surface area contributed by atoms with Gasteiger partial charge in [0.15, 0.2) is 9.84 Å². The number of hydrogen-bond donors (Lipinski definition) is 0. The topological polar surface area (TPSA) is 81.5 Å². The minimum absolute atomic E-state index is 0.0507. The molecule has 0 saturated heterocycles. The van der Waals surface area contributed by atoms with Crippen molar-refractivity contribution >= 4 is 15.7 Å². The molecule has 2 aliphatic rings. The number of rotatable bonds is 6. The minimum Gasteiger partial charge on any atom is -0.380 e. The molecule has 7 nitrogen and oxygen atoms in total. The fraction of sp³-hybridized carbons (Fsp3) is 0.733. The van der Waals surface area contributed by atoms with E-state index in [0.717, 1.165) is 24.1 Å². The normalized spacial score (nSPS) is 21.3. The predicted octanol–water partition coefficient (Wildman–Crippen LogP) is 0.317. The lowest BCUT2D eigenvalue weighted by atomic mass is 9.95. The van der Waals surface area contributed by atoms with E-state index in [1.165, 1.54) is 12.8 Å². The van der Waals surface area contributed by atoms with E-state index in [-0.39, 0.29) is 11.8 Å². The van der Waals surface area contributed by atoms with Gasteiger partial charge in [0, 0.05) is 37.9 Å². The van der Waals surface area contributed by atoms with Crippen molar-refractivity contribution in [3.05, 3.63) is 17.5 Å². The summed E-state index contributed by atoms with van der Waals surface area (Å²) in [4.78, 5) is 13.9. The lowest BCUT2D eigenvalue weighted by Crippen LogP contribution is -2.42. The Bertz CT molecular complexity index is 694. The average Bonchev–Trinajstić information content (AvgIpc) is 3.20. The molecule has 0 spiro atoms. The van der Waals surface area contributed by atoms with Gasteiger partial charge in [-0.2, -0.15) is 5.10 Å². The van der Waals surface area contributed by atoms with Crippen LogP contribution in [0.1, 0.15) is 30.0 Å². The summed E-state index contributed by atoms with van der Waals surface area (Å²) < 4.78 is 30.3. The van der Waals surface area contributed by atoms with Crippen LogP contribution < -0.4 is 0 Å². The summed E-state index contributed by atoms with van der Waals surface area (Å²) in [7, 11) is -1.49. The summed E-state index contributed by atoms with van der Waals surface area (Å²) in [5.74, 6) is -0.0632. The number of carbonyl (C=O) groups is 1. The molecule has 23 heavy (non-hydrogen) atoms. The van der Waals surface area contributed by atoms with E-state index >= 15 is 0 Å². The van der Waals surface area contributed by atoms with Gasteiger partial charge in [0.05, 0.1) is 25.0 Å². The van der Waals surface area contributed by atoms with Crippen LogP contribution in [0.5, 0.6) is 0 Å². The highest BCUT2D eigenvalue weighted by Crippen LogP contribution is 2.31. The van der Waals surface area contributed by atoms with Crippen LogP contribution in [-0.2, 0) is 33.0 Å². The lowest BCUT2D eigenvalue weighted by Gasteiger charge is -2.33.